The maximum Gasteiger partial charge on any atom is 0.220 e. The molecule has 0 radical (unpaired) electrons. The van der Waals surface area contributed by atoms with E-state index in [0.717, 1.165) is 5.56 Å². The van der Waals surface area contributed by atoms with Gasteiger partial charge in [0, 0.05) is 15.3 Å². The van der Waals surface area contributed by atoms with Crippen LogP contribution in [0.1, 0.15) is 5.56 Å². The van der Waals surface area contributed by atoms with Crippen molar-refractivity contribution in [2.24, 2.45) is 0 Å². The third kappa shape index (κ3) is 4.88. The van der Waals surface area contributed by atoms with Crippen LogP contribution >= 0.6 is 35.0 Å². The summed E-state index contributed by atoms with van der Waals surface area (Å²) < 4.78 is 10.2. The van der Waals surface area contributed by atoms with Gasteiger partial charge < -0.3 is 14.6 Å². The summed E-state index contributed by atoms with van der Waals surface area (Å²) in [7, 11) is 3.03. The highest BCUT2D eigenvalue weighted by atomic mass is 35.5. The van der Waals surface area contributed by atoms with Crippen LogP contribution in [0, 0.1) is 0 Å². The molecule has 0 spiro atoms. The fourth-order valence-corrected chi connectivity index (χ4v) is 3.35. The summed E-state index contributed by atoms with van der Waals surface area (Å²) in [5, 5.41) is 11.0. The van der Waals surface area contributed by atoms with E-state index in [2.05, 4.69) is 9.97 Å². The highest BCUT2D eigenvalue weighted by molar-refractivity contribution is 7.99. The maximum absolute atomic E-state index is 9.66. The van der Waals surface area contributed by atoms with Gasteiger partial charge in [-0.1, -0.05) is 41.0 Å². The number of hydrogen-bond donors (Lipinski definition) is 1. The Morgan fingerprint density at radius 1 is 1.13 bits per heavy atom. The zero-order valence-corrected chi connectivity index (χ0v) is 15.0. The minimum Gasteiger partial charge on any atom is -0.481 e. The van der Waals surface area contributed by atoms with Gasteiger partial charge in [0.25, 0.3) is 0 Å². The Kier molecular flexibility index (Phi) is 6.77. The van der Waals surface area contributed by atoms with E-state index < -0.39 is 0 Å². The second-order valence-electron chi connectivity index (χ2n) is 4.56. The van der Waals surface area contributed by atoms with Crippen molar-refractivity contribution in [2.75, 3.05) is 20.8 Å². The Hall–Kier alpha value is -1.21. The average Bonchev–Trinajstić information content (AvgIpc) is 2.56. The number of aliphatic hydroxyl groups is 1. The smallest absolute Gasteiger partial charge is 0.220 e. The number of rotatable bonds is 7. The number of ether oxygens (including phenoxy) is 2. The Labute approximate surface area is 149 Å². The number of benzene rings is 1. The molecule has 124 valence electrons. The molecule has 8 heteroatoms. The van der Waals surface area contributed by atoms with Crippen molar-refractivity contribution in [2.45, 2.75) is 16.8 Å². The van der Waals surface area contributed by atoms with Crippen molar-refractivity contribution in [3.8, 4) is 11.8 Å². The van der Waals surface area contributed by atoms with E-state index >= 15 is 0 Å². The molecule has 0 fully saturated rings. The van der Waals surface area contributed by atoms with Crippen molar-refractivity contribution < 1.29 is 14.6 Å². The highest BCUT2D eigenvalue weighted by Crippen LogP contribution is 2.31. The number of thioether (sulfide) groups is 1. The normalized spacial score (nSPS) is 12.0. The lowest BCUT2D eigenvalue weighted by molar-refractivity contribution is 0.294. The maximum atomic E-state index is 9.66. The van der Waals surface area contributed by atoms with Crippen LogP contribution < -0.4 is 9.47 Å². The predicted molar refractivity (Wildman–Crippen MR) is 92.0 cm³/mol. The van der Waals surface area contributed by atoms with Crippen molar-refractivity contribution in [3.63, 3.8) is 0 Å². The molecule has 0 aliphatic carbocycles. The molecule has 1 aromatic carbocycles. The number of hydrogen-bond acceptors (Lipinski definition) is 6. The molecule has 0 aliphatic heterocycles. The summed E-state index contributed by atoms with van der Waals surface area (Å²) in [6.07, 6.45) is 0.489. The number of nitrogens with zero attached hydrogens (tertiary/aromatic N) is 2. The van der Waals surface area contributed by atoms with Crippen LogP contribution in [0.25, 0.3) is 0 Å². The average molecular weight is 375 g/mol. The first-order chi connectivity index (χ1) is 11.1. The molecular weight excluding hydrogens is 359 g/mol. The number of aromatic nitrogens is 2. The monoisotopic (exact) mass is 374 g/mol. The molecule has 1 aromatic heterocycles. The van der Waals surface area contributed by atoms with E-state index in [9.17, 15) is 5.11 Å². The molecule has 23 heavy (non-hydrogen) atoms. The first-order valence-corrected chi connectivity index (χ1v) is 8.38. The molecular formula is C15H16Cl2N2O3S. The van der Waals surface area contributed by atoms with Gasteiger partial charge in [-0.25, -0.2) is 0 Å². The van der Waals surface area contributed by atoms with E-state index in [-0.39, 0.29) is 11.9 Å². The van der Waals surface area contributed by atoms with Crippen LogP contribution in [0.15, 0.2) is 29.4 Å². The molecule has 2 aromatic rings. The molecule has 1 unspecified atom stereocenters. The summed E-state index contributed by atoms with van der Waals surface area (Å²) in [5.41, 5.74) is 0.789. The van der Waals surface area contributed by atoms with Crippen LogP contribution in [0.5, 0.6) is 11.8 Å². The Morgan fingerprint density at radius 2 is 1.70 bits per heavy atom. The molecule has 0 bridgehead atoms. The Bertz CT molecular complexity index is 631. The minimum absolute atomic E-state index is 0.0743. The van der Waals surface area contributed by atoms with Crippen LogP contribution in [0.3, 0.4) is 0 Å². The van der Waals surface area contributed by atoms with Crippen LogP contribution in [-0.2, 0) is 6.42 Å². The second kappa shape index (κ2) is 8.59. The third-order valence-corrected chi connectivity index (χ3v) is 4.80. The SMILES string of the molecule is COc1cc(OC)nc(SC(CO)Cc2c(Cl)cccc2Cl)n1. The zero-order valence-electron chi connectivity index (χ0n) is 12.6. The zero-order chi connectivity index (χ0) is 16.8. The van der Waals surface area contributed by atoms with Gasteiger partial charge in [0.2, 0.25) is 11.8 Å². The summed E-state index contributed by atoms with van der Waals surface area (Å²) in [6, 6.07) is 6.91. The molecule has 0 amide bonds. The summed E-state index contributed by atoms with van der Waals surface area (Å²) in [5.74, 6) is 0.790. The molecule has 0 saturated carbocycles. The van der Waals surface area contributed by atoms with Gasteiger partial charge in [0.15, 0.2) is 5.16 Å². The van der Waals surface area contributed by atoms with Gasteiger partial charge in [0.05, 0.1) is 26.9 Å². The Balaban J connectivity index is 2.19. The first kappa shape index (κ1) is 18.1. The van der Waals surface area contributed by atoms with Crippen LogP contribution in [0.4, 0.5) is 0 Å². The van der Waals surface area contributed by atoms with Crippen molar-refractivity contribution in [3.05, 3.63) is 39.9 Å². The molecule has 1 atom stereocenters. The van der Waals surface area contributed by atoms with Crippen molar-refractivity contribution in [1.82, 2.24) is 9.97 Å². The molecule has 2 rings (SSSR count). The lowest BCUT2D eigenvalue weighted by atomic mass is 10.1. The predicted octanol–water partition coefficient (Wildman–Crippen LogP) is 3.50. The summed E-state index contributed by atoms with van der Waals surface area (Å²) in [6.45, 7) is -0.0743. The number of aliphatic hydroxyl groups excluding tert-OH is 1. The molecule has 1 N–H and O–H groups in total. The van der Waals surface area contributed by atoms with Gasteiger partial charge in [-0.05, 0) is 24.1 Å². The van der Waals surface area contributed by atoms with Gasteiger partial charge in [-0.2, -0.15) is 9.97 Å². The fourth-order valence-electron chi connectivity index (χ4n) is 1.89. The number of halogens is 2. The summed E-state index contributed by atoms with van der Waals surface area (Å²) in [4.78, 5) is 8.49. The lowest BCUT2D eigenvalue weighted by Crippen LogP contribution is -2.14. The number of methoxy groups -OCH3 is 2. The fraction of sp³-hybridized carbons (Fsp3) is 0.333. The molecule has 5 nitrogen and oxygen atoms in total. The third-order valence-electron chi connectivity index (χ3n) is 3.05. The van der Waals surface area contributed by atoms with Gasteiger partial charge in [-0.15, -0.1) is 0 Å². The van der Waals surface area contributed by atoms with Crippen LogP contribution in [0.2, 0.25) is 10.0 Å². The highest BCUT2D eigenvalue weighted by Gasteiger charge is 2.17. The van der Waals surface area contributed by atoms with E-state index in [1.807, 2.05) is 0 Å². The molecule has 0 aliphatic rings. The lowest BCUT2D eigenvalue weighted by Gasteiger charge is -2.15. The largest absolute Gasteiger partial charge is 0.481 e. The van der Waals surface area contributed by atoms with E-state index in [1.165, 1.54) is 26.0 Å². The van der Waals surface area contributed by atoms with Gasteiger partial charge >= 0.3 is 0 Å². The van der Waals surface area contributed by atoms with Gasteiger partial charge in [0.1, 0.15) is 0 Å². The second-order valence-corrected chi connectivity index (χ2v) is 6.64. The van der Waals surface area contributed by atoms with Crippen molar-refractivity contribution >= 4 is 35.0 Å². The van der Waals surface area contributed by atoms with Crippen molar-refractivity contribution in [1.29, 1.82) is 0 Å². The van der Waals surface area contributed by atoms with E-state index in [1.54, 1.807) is 24.3 Å². The summed E-state index contributed by atoms with van der Waals surface area (Å²) >= 11 is 13.7. The van der Waals surface area contributed by atoms with Crippen LogP contribution in [-0.4, -0.2) is 41.2 Å². The minimum atomic E-state index is -0.204. The first-order valence-electron chi connectivity index (χ1n) is 6.74. The van der Waals surface area contributed by atoms with E-state index in [4.69, 9.17) is 32.7 Å². The topological polar surface area (TPSA) is 64.5 Å². The Morgan fingerprint density at radius 3 is 2.17 bits per heavy atom. The van der Waals surface area contributed by atoms with E-state index in [0.29, 0.717) is 33.4 Å². The van der Waals surface area contributed by atoms with Gasteiger partial charge in [-0.3, -0.25) is 0 Å². The molecule has 1 heterocycles. The molecule has 0 saturated heterocycles. The quantitative estimate of drug-likeness (QED) is 0.590. The standard InChI is InChI=1S/C15H16Cl2N2O3S/c1-21-13-7-14(22-2)19-15(18-13)23-9(8-20)6-10-11(16)4-3-5-12(10)17/h3-5,7,9,20H,6,8H2,1-2H3.